The van der Waals surface area contributed by atoms with E-state index in [1.165, 1.54) is 6.33 Å². The predicted octanol–water partition coefficient (Wildman–Crippen LogP) is 2.95. The molecule has 2 N–H and O–H groups in total. The zero-order chi connectivity index (χ0) is 21.0. The number of carbonyl (C=O) groups is 1. The maximum absolute atomic E-state index is 12.7. The highest BCUT2D eigenvalue weighted by Gasteiger charge is 2.16. The molecule has 1 atom stereocenters. The number of aryl methyl sites for hydroxylation is 1. The Morgan fingerprint density at radius 1 is 1.17 bits per heavy atom. The summed E-state index contributed by atoms with van der Waals surface area (Å²) in [5.74, 6) is 1.00. The molecule has 0 saturated heterocycles. The third-order valence-corrected chi connectivity index (χ3v) is 4.49. The van der Waals surface area contributed by atoms with Crippen molar-refractivity contribution in [3.05, 3.63) is 59.8 Å². The number of hydrogen-bond acceptors (Lipinski definition) is 5. The van der Waals surface area contributed by atoms with Gasteiger partial charge in [0.25, 0.3) is 5.91 Å². The number of hydrogen-bond donors (Lipinski definition) is 2. The van der Waals surface area contributed by atoms with Crippen molar-refractivity contribution in [1.82, 2.24) is 25.1 Å². The summed E-state index contributed by atoms with van der Waals surface area (Å²) in [6.07, 6.45) is 4.10. The van der Waals surface area contributed by atoms with Crippen molar-refractivity contribution in [2.75, 3.05) is 6.61 Å². The second kappa shape index (κ2) is 8.96. The molecule has 0 radical (unpaired) electrons. The maximum Gasteiger partial charge on any atom is 0.251 e. The van der Waals surface area contributed by atoms with Gasteiger partial charge in [0.1, 0.15) is 12.2 Å². The molecule has 0 saturated carbocycles. The fraction of sp³-hybridized carbons (Fsp3) is 0.364. The van der Waals surface area contributed by atoms with E-state index in [4.69, 9.17) is 0 Å². The van der Waals surface area contributed by atoms with E-state index < -0.39 is 0 Å². The van der Waals surface area contributed by atoms with Gasteiger partial charge in [-0.05, 0) is 49.6 Å². The molecule has 1 aromatic carbocycles. The van der Waals surface area contributed by atoms with E-state index in [0.717, 1.165) is 34.8 Å². The first-order chi connectivity index (χ1) is 13.9. The standard InChI is InChI=1S/C22H27N5O2/c1-14(2)7-21-24-13-25-27(21)19-9-17(20-6-5-15(3)11-23-20)8-18(10-19)22(29)26-16(4)12-28/h5-6,8-11,13-14,16,28H,7,12H2,1-4H3,(H,26,29)/t16-/m0/s1. The number of aromatic nitrogens is 4. The van der Waals surface area contributed by atoms with Gasteiger partial charge in [0.05, 0.1) is 18.0 Å². The highest BCUT2D eigenvalue weighted by atomic mass is 16.3. The number of benzene rings is 1. The quantitative estimate of drug-likeness (QED) is 0.644. The van der Waals surface area contributed by atoms with Crippen LogP contribution in [-0.2, 0) is 6.42 Å². The van der Waals surface area contributed by atoms with Crippen LogP contribution in [0.1, 0.15) is 42.5 Å². The average Bonchev–Trinajstić information content (AvgIpc) is 3.15. The Labute approximate surface area is 170 Å². The van der Waals surface area contributed by atoms with Crippen LogP contribution in [0.4, 0.5) is 0 Å². The van der Waals surface area contributed by atoms with Gasteiger partial charge in [-0.25, -0.2) is 9.67 Å². The minimum Gasteiger partial charge on any atom is -0.394 e. The molecular formula is C22H27N5O2. The topological polar surface area (TPSA) is 92.9 Å². The lowest BCUT2D eigenvalue weighted by Crippen LogP contribution is -2.35. The van der Waals surface area contributed by atoms with Crippen LogP contribution in [0.25, 0.3) is 16.9 Å². The first kappa shape index (κ1) is 20.7. The summed E-state index contributed by atoms with van der Waals surface area (Å²) < 4.78 is 1.77. The molecule has 0 unspecified atom stereocenters. The van der Waals surface area contributed by atoms with Crippen LogP contribution < -0.4 is 5.32 Å². The van der Waals surface area contributed by atoms with E-state index in [2.05, 4.69) is 34.2 Å². The van der Waals surface area contributed by atoms with Gasteiger partial charge in [-0.2, -0.15) is 5.10 Å². The van der Waals surface area contributed by atoms with Gasteiger partial charge in [0, 0.05) is 29.8 Å². The number of amides is 1. The SMILES string of the molecule is Cc1ccc(-c2cc(C(=O)N[C@@H](C)CO)cc(-n3ncnc3CC(C)C)c2)nc1. The number of aliphatic hydroxyl groups is 1. The van der Waals surface area contributed by atoms with Crippen molar-refractivity contribution >= 4 is 5.91 Å². The zero-order valence-corrected chi connectivity index (χ0v) is 17.3. The van der Waals surface area contributed by atoms with Crippen molar-refractivity contribution in [2.24, 2.45) is 5.92 Å². The number of pyridine rings is 1. The van der Waals surface area contributed by atoms with Crippen LogP contribution in [0.5, 0.6) is 0 Å². The van der Waals surface area contributed by atoms with Crippen molar-refractivity contribution in [3.63, 3.8) is 0 Å². The van der Waals surface area contributed by atoms with E-state index >= 15 is 0 Å². The second-order valence-electron chi connectivity index (χ2n) is 7.73. The summed E-state index contributed by atoms with van der Waals surface area (Å²) in [7, 11) is 0. The maximum atomic E-state index is 12.7. The predicted molar refractivity (Wildman–Crippen MR) is 112 cm³/mol. The van der Waals surface area contributed by atoms with Gasteiger partial charge in [-0.3, -0.25) is 9.78 Å². The average molecular weight is 393 g/mol. The van der Waals surface area contributed by atoms with Crippen LogP contribution in [0.2, 0.25) is 0 Å². The van der Waals surface area contributed by atoms with Crippen LogP contribution in [0.3, 0.4) is 0 Å². The van der Waals surface area contributed by atoms with E-state index in [1.54, 1.807) is 29.9 Å². The Hall–Kier alpha value is -3.06. The Kier molecular flexibility index (Phi) is 6.39. The molecule has 0 bridgehead atoms. The molecule has 1 amide bonds. The van der Waals surface area contributed by atoms with E-state index in [1.807, 2.05) is 25.1 Å². The second-order valence-corrected chi connectivity index (χ2v) is 7.73. The molecule has 7 nitrogen and oxygen atoms in total. The summed E-state index contributed by atoms with van der Waals surface area (Å²) in [5.41, 5.74) is 3.88. The van der Waals surface area contributed by atoms with Gasteiger partial charge >= 0.3 is 0 Å². The molecule has 0 aliphatic rings. The molecule has 29 heavy (non-hydrogen) atoms. The fourth-order valence-electron chi connectivity index (χ4n) is 2.99. The Balaban J connectivity index is 2.09. The summed E-state index contributed by atoms with van der Waals surface area (Å²) in [5, 5.41) is 16.4. The minimum absolute atomic E-state index is 0.126. The molecule has 3 aromatic rings. The van der Waals surface area contributed by atoms with Gasteiger partial charge in [-0.15, -0.1) is 0 Å². The van der Waals surface area contributed by atoms with Crippen LogP contribution in [0, 0.1) is 12.8 Å². The van der Waals surface area contributed by atoms with Crippen molar-refractivity contribution in [3.8, 4) is 16.9 Å². The summed E-state index contributed by atoms with van der Waals surface area (Å²) >= 11 is 0. The normalized spacial score (nSPS) is 12.2. The van der Waals surface area contributed by atoms with Crippen LogP contribution >= 0.6 is 0 Å². The number of nitrogens with one attached hydrogen (secondary N) is 1. The molecular weight excluding hydrogens is 366 g/mol. The highest BCUT2D eigenvalue weighted by molar-refractivity contribution is 5.96. The Bertz CT molecular complexity index is 979. The van der Waals surface area contributed by atoms with Crippen molar-refractivity contribution < 1.29 is 9.90 Å². The monoisotopic (exact) mass is 393 g/mol. The smallest absolute Gasteiger partial charge is 0.251 e. The fourth-order valence-corrected chi connectivity index (χ4v) is 2.99. The number of rotatable bonds is 7. The third kappa shape index (κ3) is 5.06. The molecule has 0 spiro atoms. The van der Waals surface area contributed by atoms with Gasteiger partial charge < -0.3 is 10.4 Å². The lowest BCUT2D eigenvalue weighted by Gasteiger charge is -2.14. The Morgan fingerprint density at radius 2 is 1.97 bits per heavy atom. The van der Waals surface area contributed by atoms with E-state index in [-0.39, 0.29) is 18.6 Å². The van der Waals surface area contributed by atoms with Crippen LogP contribution in [-0.4, -0.2) is 43.4 Å². The summed E-state index contributed by atoms with van der Waals surface area (Å²) in [4.78, 5) is 21.6. The molecule has 0 fully saturated rings. The summed E-state index contributed by atoms with van der Waals surface area (Å²) in [6.45, 7) is 7.86. The molecule has 3 rings (SSSR count). The molecule has 2 aromatic heterocycles. The number of carbonyl (C=O) groups excluding carboxylic acids is 1. The number of aliphatic hydroxyl groups excluding tert-OH is 1. The third-order valence-electron chi connectivity index (χ3n) is 4.49. The molecule has 0 aliphatic heterocycles. The van der Waals surface area contributed by atoms with E-state index in [9.17, 15) is 9.90 Å². The highest BCUT2D eigenvalue weighted by Crippen LogP contribution is 2.24. The van der Waals surface area contributed by atoms with Crippen LogP contribution in [0.15, 0.2) is 42.9 Å². The van der Waals surface area contributed by atoms with Gasteiger partial charge in [-0.1, -0.05) is 19.9 Å². The molecule has 152 valence electrons. The Morgan fingerprint density at radius 3 is 2.62 bits per heavy atom. The zero-order valence-electron chi connectivity index (χ0n) is 17.3. The largest absolute Gasteiger partial charge is 0.394 e. The first-order valence-electron chi connectivity index (χ1n) is 9.76. The van der Waals surface area contributed by atoms with E-state index in [0.29, 0.717) is 11.5 Å². The molecule has 2 heterocycles. The van der Waals surface area contributed by atoms with Gasteiger partial charge in [0.2, 0.25) is 0 Å². The lowest BCUT2D eigenvalue weighted by molar-refractivity contribution is 0.0922. The molecule has 0 aliphatic carbocycles. The summed E-state index contributed by atoms with van der Waals surface area (Å²) in [6, 6.07) is 9.14. The van der Waals surface area contributed by atoms with Gasteiger partial charge in [0.15, 0.2) is 0 Å². The number of nitrogens with zero attached hydrogens (tertiary/aromatic N) is 4. The molecule has 7 heteroatoms. The van der Waals surface area contributed by atoms with Crippen molar-refractivity contribution in [2.45, 2.75) is 40.2 Å². The minimum atomic E-state index is -0.338. The van der Waals surface area contributed by atoms with Crippen molar-refractivity contribution in [1.29, 1.82) is 0 Å². The lowest BCUT2D eigenvalue weighted by atomic mass is 10.0. The first-order valence-corrected chi connectivity index (χ1v) is 9.76.